The smallest absolute Gasteiger partial charge is 0.256 e. The molecule has 0 aromatic heterocycles. The molecule has 1 fully saturated rings. The normalized spacial score (nSPS) is 19.1. The second-order valence-electron chi connectivity index (χ2n) is 5.93. The highest BCUT2D eigenvalue weighted by Gasteiger charge is 2.27. The summed E-state index contributed by atoms with van der Waals surface area (Å²) in [5.41, 5.74) is 0.430. The van der Waals surface area contributed by atoms with Crippen LogP contribution in [0, 0.1) is 11.2 Å². The van der Waals surface area contributed by atoms with Gasteiger partial charge in [0.15, 0.2) is 0 Å². The second kappa shape index (κ2) is 5.61. The first-order chi connectivity index (χ1) is 8.89. The van der Waals surface area contributed by atoms with E-state index in [4.69, 9.17) is 0 Å². The van der Waals surface area contributed by atoms with Crippen molar-refractivity contribution in [1.29, 1.82) is 0 Å². The van der Waals surface area contributed by atoms with E-state index in [1.54, 1.807) is 17.0 Å². The highest BCUT2D eigenvalue weighted by molar-refractivity contribution is 9.10. The predicted octanol–water partition coefficient (Wildman–Crippen LogP) is 4.24. The van der Waals surface area contributed by atoms with Crippen molar-refractivity contribution in [2.24, 2.45) is 5.41 Å². The minimum absolute atomic E-state index is 0.161. The lowest BCUT2D eigenvalue weighted by molar-refractivity contribution is 0.0752. The molecule has 0 saturated carbocycles. The molecule has 1 aliphatic heterocycles. The Balaban J connectivity index is 2.17. The van der Waals surface area contributed by atoms with Crippen LogP contribution in [0.2, 0.25) is 0 Å². The maximum Gasteiger partial charge on any atom is 0.256 e. The van der Waals surface area contributed by atoms with Crippen LogP contribution in [-0.2, 0) is 0 Å². The van der Waals surface area contributed by atoms with Crippen molar-refractivity contribution in [1.82, 2.24) is 4.90 Å². The second-order valence-corrected chi connectivity index (χ2v) is 6.85. The van der Waals surface area contributed by atoms with Crippen molar-refractivity contribution in [2.75, 3.05) is 13.1 Å². The lowest BCUT2D eigenvalue weighted by atomic mass is 9.85. The van der Waals surface area contributed by atoms with Crippen molar-refractivity contribution in [2.45, 2.75) is 33.1 Å². The average Bonchev–Trinajstić information content (AvgIpc) is 2.52. The Bertz CT molecular complexity index is 487. The number of carbonyl (C=O) groups excluding carboxylic acids is 1. The van der Waals surface area contributed by atoms with Crippen LogP contribution in [0.4, 0.5) is 4.39 Å². The summed E-state index contributed by atoms with van der Waals surface area (Å²) in [6.07, 6.45) is 3.06. The first-order valence-electron chi connectivity index (χ1n) is 6.63. The summed E-state index contributed by atoms with van der Waals surface area (Å²) < 4.78 is 14.5. The Morgan fingerprint density at radius 3 is 2.79 bits per heavy atom. The van der Waals surface area contributed by atoms with E-state index < -0.39 is 5.82 Å². The molecule has 1 heterocycles. The van der Waals surface area contributed by atoms with Gasteiger partial charge in [-0.1, -0.05) is 29.8 Å². The van der Waals surface area contributed by atoms with E-state index in [2.05, 4.69) is 29.8 Å². The van der Waals surface area contributed by atoms with Crippen LogP contribution in [0.3, 0.4) is 0 Å². The number of carbonyl (C=O) groups is 1. The number of halogens is 2. The van der Waals surface area contributed by atoms with Crippen LogP contribution < -0.4 is 0 Å². The molecule has 0 atom stereocenters. The molecule has 19 heavy (non-hydrogen) atoms. The van der Waals surface area contributed by atoms with E-state index >= 15 is 0 Å². The topological polar surface area (TPSA) is 20.3 Å². The molecule has 1 amide bonds. The molecule has 104 valence electrons. The van der Waals surface area contributed by atoms with Crippen molar-refractivity contribution in [3.05, 3.63) is 34.1 Å². The first-order valence-corrected chi connectivity index (χ1v) is 7.43. The Hall–Kier alpha value is -0.900. The maximum absolute atomic E-state index is 13.8. The molecule has 1 aliphatic rings. The lowest BCUT2D eigenvalue weighted by Crippen LogP contribution is -2.33. The van der Waals surface area contributed by atoms with Crippen LogP contribution in [-0.4, -0.2) is 23.9 Å². The zero-order valence-corrected chi connectivity index (χ0v) is 13.0. The van der Waals surface area contributed by atoms with Crippen molar-refractivity contribution < 1.29 is 9.18 Å². The van der Waals surface area contributed by atoms with E-state index in [1.165, 1.54) is 6.07 Å². The summed E-state index contributed by atoms with van der Waals surface area (Å²) in [5, 5.41) is 0. The molecule has 0 aliphatic carbocycles. The number of amides is 1. The van der Waals surface area contributed by atoms with Gasteiger partial charge in [-0.3, -0.25) is 4.79 Å². The van der Waals surface area contributed by atoms with Gasteiger partial charge in [-0.25, -0.2) is 4.39 Å². The van der Waals surface area contributed by atoms with Crippen LogP contribution in [0.1, 0.15) is 43.5 Å². The molecular weight excluding hydrogens is 309 g/mol. The Morgan fingerprint density at radius 1 is 1.32 bits per heavy atom. The standard InChI is InChI=1S/C15H19BrFNO/c1-15(2)6-3-8-18(9-7-15)14(19)12-10-11(16)4-5-13(12)17/h4-5,10H,3,6-9H2,1-2H3. The van der Waals surface area contributed by atoms with Crippen molar-refractivity contribution in [3.63, 3.8) is 0 Å². The van der Waals surface area contributed by atoms with Gasteiger partial charge in [-0.05, 0) is 42.9 Å². The minimum Gasteiger partial charge on any atom is -0.339 e. The summed E-state index contributed by atoms with van der Waals surface area (Å²) in [6.45, 7) is 5.87. The first kappa shape index (κ1) is 14.5. The summed E-state index contributed by atoms with van der Waals surface area (Å²) in [6, 6.07) is 4.50. The summed E-state index contributed by atoms with van der Waals surface area (Å²) >= 11 is 3.28. The Morgan fingerprint density at radius 2 is 2.05 bits per heavy atom. The Kier molecular flexibility index (Phi) is 4.29. The number of benzene rings is 1. The van der Waals surface area contributed by atoms with E-state index in [0.29, 0.717) is 13.1 Å². The number of hydrogen-bond acceptors (Lipinski definition) is 1. The number of nitrogens with zero attached hydrogens (tertiary/aromatic N) is 1. The summed E-state index contributed by atoms with van der Waals surface area (Å²) in [7, 11) is 0. The van der Waals surface area contributed by atoms with Crippen LogP contribution >= 0.6 is 15.9 Å². The third-order valence-electron chi connectivity index (χ3n) is 3.79. The van der Waals surface area contributed by atoms with Gasteiger partial charge in [0.1, 0.15) is 5.82 Å². The van der Waals surface area contributed by atoms with Crippen LogP contribution in [0.15, 0.2) is 22.7 Å². The number of rotatable bonds is 1. The Labute approximate surface area is 122 Å². The third-order valence-corrected chi connectivity index (χ3v) is 4.28. The van der Waals surface area contributed by atoms with Gasteiger partial charge in [-0.15, -0.1) is 0 Å². The quantitative estimate of drug-likeness (QED) is 0.755. The van der Waals surface area contributed by atoms with Crippen molar-refractivity contribution in [3.8, 4) is 0 Å². The SMILES string of the molecule is CC1(C)CCCN(C(=O)c2cc(Br)ccc2F)CC1. The van der Waals surface area contributed by atoms with Gasteiger partial charge in [0, 0.05) is 17.6 Å². The molecule has 4 heteroatoms. The van der Waals surface area contributed by atoms with Gasteiger partial charge in [0.2, 0.25) is 0 Å². The number of likely N-dealkylation sites (tertiary alicyclic amines) is 1. The monoisotopic (exact) mass is 327 g/mol. The van der Waals surface area contributed by atoms with E-state index in [1.807, 2.05) is 0 Å². The van der Waals surface area contributed by atoms with E-state index in [0.717, 1.165) is 23.7 Å². The highest BCUT2D eigenvalue weighted by Crippen LogP contribution is 2.30. The molecule has 2 rings (SSSR count). The zero-order valence-electron chi connectivity index (χ0n) is 11.4. The van der Waals surface area contributed by atoms with Gasteiger partial charge in [-0.2, -0.15) is 0 Å². The molecule has 1 saturated heterocycles. The minimum atomic E-state index is -0.447. The van der Waals surface area contributed by atoms with Gasteiger partial charge < -0.3 is 4.90 Å². The van der Waals surface area contributed by atoms with Crippen LogP contribution in [0.5, 0.6) is 0 Å². The molecule has 0 spiro atoms. The van der Waals surface area contributed by atoms with Crippen molar-refractivity contribution >= 4 is 21.8 Å². The van der Waals surface area contributed by atoms with E-state index in [9.17, 15) is 9.18 Å². The fourth-order valence-electron chi connectivity index (χ4n) is 2.46. The zero-order chi connectivity index (χ0) is 14.0. The fourth-order valence-corrected chi connectivity index (χ4v) is 2.82. The van der Waals surface area contributed by atoms with E-state index in [-0.39, 0.29) is 16.9 Å². The molecule has 0 bridgehead atoms. The van der Waals surface area contributed by atoms with Gasteiger partial charge >= 0.3 is 0 Å². The molecule has 0 N–H and O–H groups in total. The molecule has 1 aromatic rings. The molecule has 0 radical (unpaired) electrons. The van der Waals surface area contributed by atoms with Gasteiger partial charge in [0.25, 0.3) is 5.91 Å². The predicted molar refractivity (Wildman–Crippen MR) is 77.6 cm³/mol. The molecule has 0 unspecified atom stereocenters. The summed E-state index contributed by atoms with van der Waals surface area (Å²) in [5.74, 6) is -0.645. The third kappa shape index (κ3) is 3.56. The van der Waals surface area contributed by atoms with Crippen LogP contribution in [0.25, 0.3) is 0 Å². The largest absolute Gasteiger partial charge is 0.339 e. The summed E-state index contributed by atoms with van der Waals surface area (Å²) in [4.78, 5) is 14.2. The van der Waals surface area contributed by atoms with Gasteiger partial charge in [0.05, 0.1) is 5.56 Å². The molecule has 2 nitrogen and oxygen atoms in total. The maximum atomic E-state index is 13.8. The molecule has 1 aromatic carbocycles. The number of hydrogen-bond donors (Lipinski definition) is 0. The highest BCUT2D eigenvalue weighted by atomic mass is 79.9. The fraction of sp³-hybridized carbons (Fsp3) is 0.533. The molecular formula is C15H19BrFNO. The lowest BCUT2D eigenvalue weighted by Gasteiger charge is -2.23. The average molecular weight is 328 g/mol.